The Morgan fingerprint density at radius 1 is 0.500 bits per heavy atom. The van der Waals surface area contributed by atoms with Crippen LogP contribution in [0.3, 0.4) is 0 Å². The van der Waals surface area contributed by atoms with Crippen molar-refractivity contribution in [2.45, 2.75) is 245 Å². The molecule has 5 fully saturated rings. The van der Waals surface area contributed by atoms with Crippen molar-refractivity contribution in [3.63, 3.8) is 0 Å². The number of nitrogens with zero attached hydrogens (tertiary/aromatic N) is 1. The number of hydrogen-bond donors (Lipinski definition) is 1. The molecule has 80 heavy (non-hydrogen) atoms. The third-order valence-electron chi connectivity index (χ3n) is 16.5. The highest BCUT2D eigenvalue weighted by Crippen LogP contribution is 2.61. The summed E-state index contributed by atoms with van der Waals surface area (Å²) < 4.78 is 40.5. The summed E-state index contributed by atoms with van der Waals surface area (Å²) in [5.41, 5.74) is -1.60. The molecule has 4 bridgehead atoms. The van der Waals surface area contributed by atoms with Crippen LogP contribution < -0.4 is 5.32 Å². The average Bonchev–Trinajstić information content (AvgIpc) is 4.10. The van der Waals surface area contributed by atoms with Crippen molar-refractivity contribution in [2.75, 3.05) is 65.8 Å². The monoisotopic (exact) mass is 1130 g/mol. The van der Waals surface area contributed by atoms with Gasteiger partial charge in [-0.2, -0.15) is 0 Å². The van der Waals surface area contributed by atoms with E-state index >= 15 is 0 Å². The van der Waals surface area contributed by atoms with Gasteiger partial charge in [-0.05, 0) is 171 Å². The van der Waals surface area contributed by atoms with Gasteiger partial charge in [0.1, 0.15) is 37.9 Å². The van der Waals surface area contributed by atoms with E-state index in [4.69, 9.17) is 33.2 Å². The zero-order chi connectivity index (χ0) is 57.5. The second kappa shape index (κ2) is 40.7. The molecule has 0 aromatic heterocycles. The van der Waals surface area contributed by atoms with E-state index < -0.39 is 61.3 Å². The Kier molecular flexibility index (Phi) is 34.6. The van der Waals surface area contributed by atoms with E-state index in [9.17, 15) is 33.6 Å². The highest BCUT2D eigenvalue weighted by Gasteiger charge is 2.52. The number of alkyl carbamates (subject to hydrolysis) is 1. The Balaban J connectivity index is 1.40. The smallest absolute Gasteiger partial charge is 0.407 e. The maximum absolute atomic E-state index is 14.0. The molecule has 5 aliphatic rings. The molecule has 1 aliphatic heterocycles. The van der Waals surface area contributed by atoms with Crippen molar-refractivity contribution < 1.29 is 66.7 Å². The molecule has 1 atom stereocenters. The van der Waals surface area contributed by atoms with Crippen LogP contribution in [0.25, 0.3) is 0 Å². The van der Waals surface area contributed by atoms with E-state index in [1.54, 1.807) is 0 Å². The first-order valence-corrected chi connectivity index (χ1v) is 31.7. The van der Waals surface area contributed by atoms with Crippen molar-refractivity contribution in [1.82, 2.24) is 10.2 Å². The lowest BCUT2D eigenvalue weighted by atomic mass is 9.49. The summed E-state index contributed by atoms with van der Waals surface area (Å²) in [6.07, 6.45) is 33.2. The molecule has 1 amide bonds. The molecule has 5 rings (SSSR count). The minimum atomic E-state index is -1.48. The summed E-state index contributed by atoms with van der Waals surface area (Å²) in [6, 6.07) is 0. The second-order valence-corrected chi connectivity index (χ2v) is 24.0. The van der Waals surface area contributed by atoms with Crippen molar-refractivity contribution in [2.24, 2.45) is 28.6 Å². The number of allylic oxidation sites excluding steroid dienone is 2. The molecule has 456 valence electrons. The van der Waals surface area contributed by atoms with E-state index in [1.807, 2.05) is 12.2 Å². The van der Waals surface area contributed by atoms with Crippen LogP contribution >= 0.6 is 0 Å². The number of carbonyl (C=O) groups excluding carboxylic acids is 7. The molecule has 0 spiro atoms. The van der Waals surface area contributed by atoms with Gasteiger partial charge in [-0.3, -0.25) is 28.8 Å². The van der Waals surface area contributed by atoms with Crippen LogP contribution in [0.2, 0.25) is 0 Å². The summed E-state index contributed by atoms with van der Waals surface area (Å²) in [7, 11) is 0. The fourth-order valence-corrected chi connectivity index (χ4v) is 12.3. The van der Waals surface area contributed by atoms with E-state index in [0.29, 0.717) is 82.5 Å². The lowest BCUT2D eigenvalue weighted by Crippen LogP contribution is -2.47. The van der Waals surface area contributed by atoms with Crippen molar-refractivity contribution in [1.29, 1.82) is 0 Å². The lowest BCUT2D eigenvalue weighted by molar-refractivity contribution is -0.173. The molecule has 16 nitrogen and oxygen atoms in total. The number of likely N-dealkylation sites (tertiary alicyclic amines) is 1. The number of carbonyl (C=O) groups is 7. The number of ether oxygens (including phenoxy) is 7. The largest absolute Gasteiger partial charge is 0.465 e. The number of esters is 6. The van der Waals surface area contributed by atoms with Crippen LogP contribution in [0.5, 0.6) is 0 Å². The molecule has 16 heteroatoms. The van der Waals surface area contributed by atoms with Crippen LogP contribution in [0.4, 0.5) is 4.79 Å². The first-order valence-electron chi connectivity index (χ1n) is 31.7. The van der Waals surface area contributed by atoms with Gasteiger partial charge < -0.3 is 43.4 Å². The standard InChI is InChI=1S/C64H106N2O14/c1-4-7-10-13-15-17-26-39-74-56(67)29-20-22-31-58(69)76-48-64(51-79-61(72)47-63-44-52-41-53(45-63)43-54(42-52)46-63,49-77-59(70)32-23-21-30-57(68)75-40-27-18-16-14-11-8-5-2)50-78-60(71)34-33-55(28-19-12-9-6-3)80-62(73)65-35-38-66-36-24-25-37-66/h15-18,52-55H,4-14,19-51H2,1-3H3,(H,65,73)/b17-15-,18-16-. The van der Waals surface area contributed by atoms with Crippen molar-refractivity contribution in [3.8, 4) is 0 Å². The third-order valence-corrected chi connectivity index (χ3v) is 16.5. The van der Waals surface area contributed by atoms with Crippen molar-refractivity contribution in [3.05, 3.63) is 24.3 Å². The number of nitrogens with one attached hydrogen (secondary N) is 1. The summed E-state index contributed by atoms with van der Waals surface area (Å²) in [5, 5.41) is 2.87. The molecule has 4 aliphatic carbocycles. The normalized spacial score (nSPS) is 20.0. The second-order valence-electron chi connectivity index (χ2n) is 24.0. The maximum atomic E-state index is 14.0. The van der Waals surface area contributed by atoms with Gasteiger partial charge in [0.2, 0.25) is 0 Å². The third kappa shape index (κ3) is 30.0. The van der Waals surface area contributed by atoms with Crippen LogP contribution in [0.1, 0.15) is 239 Å². The van der Waals surface area contributed by atoms with Gasteiger partial charge in [-0.1, -0.05) is 90.0 Å². The summed E-state index contributed by atoms with van der Waals surface area (Å²) >= 11 is 0. The Hall–Kier alpha value is -4.47. The molecule has 0 radical (unpaired) electrons. The molecule has 1 heterocycles. The number of rotatable bonds is 46. The fraction of sp³-hybridized carbons (Fsp3) is 0.828. The summed E-state index contributed by atoms with van der Waals surface area (Å²) in [4.78, 5) is 94.8. The predicted octanol–water partition coefficient (Wildman–Crippen LogP) is 13.0. The quantitative estimate of drug-likeness (QED) is 0.0261. The first kappa shape index (κ1) is 68.0. The first-order chi connectivity index (χ1) is 38.8. The zero-order valence-electron chi connectivity index (χ0n) is 49.9. The number of hydrogen-bond acceptors (Lipinski definition) is 15. The van der Waals surface area contributed by atoms with E-state index in [0.717, 1.165) is 103 Å². The minimum Gasteiger partial charge on any atom is -0.465 e. The van der Waals surface area contributed by atoms with Gasteiger partial charge in [0, 0.05) is 45.2 Å². The Labute approximate surface area is 481 Å². The minimum absolute atomic E-state index is 0.0150. The van der Waals surface area contributed by atoms with Gasteiger partial charge in [0.05, 0.1) is 19.6 Å². The molecule has 0 aromatic rings. The van der Waals surface area contributed by atoms with E-state index in [2.05, 4.69) is 43.1 Å². The lowest BCUT2D eigenvalue weighted by Gasteiger charge is -2.56. The van der Waals surface area contributed by atoms with Crippen LogP contribution in [-0.4, -0.2) is 119 Å². The summed E-state index contributed by atoms with van der Waals surface area (Å²) in [5.74, 6) is -0.959. The molecule has 0 aromatic carbocycles. The Morgan fingerprint density at radius 2 is 0.925 bits per heavy atom. The van der Waals surface area contributed by atoms with Gasteiger partial charge >= 0.3 is 41.9 Å². The molecule has 1 N–H and O–H groups in total. The molecule has 4 saturated carbocycles. The number of amides is 1. The highest BCUT2D eigenvalue weighted by atomic mass is 16.6. The number of unbranched alkanes of at least 4 members (excludes halogenated alkanes) is 11. The van der Waals surface area contributed by atoms with E-state index in [1.165, 1.54) is 44.9 Å². The molecule has 1 unspecified atom stereocenters. The Bertz CT molecular complexity index is 1760. The maximum Gasteiger partial charge on any atom is 0.407 e. The van der Waals surface area contributed by atoms with Crippen molar-refractivity contribution >= 4 is 41.9 Å². The molecular formula is C64H106N2O14. The van der Waals surface area contributed by atoms with Crippen LogP contribution in [0, 0.1) is 28.6 Å². The SMILES string of the molecule is CCCCC/C=C\CCOC(=O)CCCCC(=O)OCC(COC(=O)CCCCC(=O)OCC/C=C\CCCCC)(COC(=O)CCC(CCCCCC)OC(=O)NCCN1CCCC1)COC(=O)CC12CC3CC(CC(C3)C1)C2. The summed E-state index contributed by atoms with van der Waals surface area (Å²) in [6.45, 7) is 8.74. The topological polar surface area (TPSA) is 199 Å². The predicted molar refractivity (Wildman–Crippen MR) is 308 cm³/mol. The van der Waals surface area contributed by atoms with Gasteiger partial charge in [0.25, 0.3) is 0 Å². The molecule has 1 saturated heterocycles. The van der Waals surface area contributed by atoms with E-state index in [-0.39, 0.29) is 68.9 Å². The molecular weight excluding hydrogens is 1020 g/mol. The zero-order valence-corrected chi connectivity index (χ0v) is 49.9. The van der Waals surface area contributed by atoms with Gasteiger partial charge in [-0.25, -0.2) is 4.79 Å². The Morgan fingerprint density at radius 3 is 1.40 bits per heavy atom. The average molecular weight is 1130 g/mol. The fourth-order valence-electron chi connectivity index (χ4n) is 12.3. The van der Waals surface area contributed by atoms with Crippen LogP contribution in [0.15, 0.2) is 24.3 Å². The van der Waals surface area contributed by atoms with Gasteiger partial charge in [-0.15, -0.1) is 0 Å². The van der Waals surface area contributed by atoms with Crippen LogP contribution in [-0.2, 0) is 61.9 Å². The highest BCUT2D eigenvalue weighted by molar-refractivity contribution is 5.73. The van der Waals surface area contributed by atoms with Gasteiger partial charge in [0.15, 0.2) is 0 Å².